The van der Waals surface area contributed by atoms with Crippen LogP contribution in [0.4, 0.5) is 9.52 Å². The van der Waals surface area contributed by atoms with Crippen LogP contribution in [-0.2, 0) is 13.2 Å². The van der Waals surface area contributed by atoms with Gasteiger partial charge in [-0.05, 0) is 37.4 Å². The summed E-state index contributed by atoms with van der Waals surface area (Å²) in [5.41, 5.74) is 3.45. The molecule has 0 radical (unpaired) electrons. The fourth-order valence-electron chi connectivity index (χ4n) is 2.84. The zero-order chi connectivity index (χ0) is 21.1. The number of thiophene rings is 1. The summed E-state index contributed by atoms with van der Waals surface area (Å²) in [6, 6.07) is 7.98. The average Bonchev–Trinajstić information content (AvgIpc) is 3.47. The summed E-state index contributed by atoms with van der Waals surface area (Å²) < 4.78 is 21.0. The molecule has 30 heavy (non-hydrogen) atoms. The molecule has 0 spiro atoms. The summed E-state index contributed by atoms with van der Waals surface area (Å²) in [6.45, 7) is 4.94. The van der Waals surface area contributed by atoms with E-state index in [4.69, 9.17) is 4.74 Å². The Morgan fingerprint density at radius 3 is 2.87 bits per heavy atom. The number of nitrogens with zero attached hydrogens (tertiary/aromatic N) is 3. The summed E-state index contributed by atoms with van der Waals surface area (Å²) in [4.78, 5) is 17.6. The molecule has 0 unspecified atom stereocenters. The molecule has 0 atom stereocenters. The number of para-hydroxylation sites is 1. The van der Waals surface area contributed by atoms with E-state index in [0.717, 1.165) is 29.1 Å². The molecule has 0 saturated heterocycles. The van der Waals surface area contributed by atoms with Crippen molar-refractivity contribution in [3.8, 4) is 17.0 Å². The van der Waals surface area contributed by atoms with Crippen molar-refractivity contribution in [1.29, 1.82) is 0 Å². The van der Waals surface area contributed by atoms with Gasteiger partial charge in [-0.15, -0.1) is 22.7 Å². The number of aryl methyl sites for hydroxylation is 2. The molecule has 1 aromatic carbocycles. The summed E-state index contributed by atoms with van der Waals surface area (Å²) in [7, 11) is 0. The molecular formula is C21H19FN4O2S2. The number of aromatic nitrogens is 3. The first-order chi connectivity index (χ1) is 14.5. The van der Waals surface area contributed by atoms with Crippen LogP contribution in [0.2, 0.25) is 0 Å². The summed E-state index contributed by atoms with van der Waals surface area (Å²) in [6.07, 6.45) is 1.96. The fourth-order valence-corrected chi connectivity index (χ4v) is 4.34. The molecule has 6 nitrogen and oxygen atoms in total. The fraction of sp³-hybridized carbons (Fsp3) is 0.190. The van der Waals surface area contributed by atoms with Gasteiger partial charge in [0.05, 0.1) is 16.3 Å². The first kappa shape index (κ1) is 20.2. The molecule has 0 saturated carbocycles. The van der Waals surface area contributed by atoms with Crippen LogP contribution < -0.4 is 10.1 Å². The van der Waals surface area contributed by atoms with Crippen molar-refractivity contribution in [2.45, 2.75) is 27.0 Å². The maximum atomic E-state index is 13.6. The lowest BCUT2D eigenvalue weighted by atomic mass is 10.2. The molecule has 0 aliphatic carbocycles. The Morgan fingerprint density at radius 1 is 1.27 bits per heavy atom. The van der Waals surface area contributed by atoms with E-state index in [2.05, 4.69) is 15.4 Å². The molecule has 9 heteroatoms. The zero-order valence-corrected chi connectivity index (χ0v) is 18.0. The number of hydrogen-bond donors (Lipinski definition) is 1. The van der Waals surface area contributed by atoms with Crippen LogP contribution in [0.25, 0.3) is 11.3 Å². The summed E-state index contributed by atoms with van der Waals surface area (Å²) in [5.74, 6) is -0.462. The Balaban J connectivity index is 1.39. The van der Waals surface area contributed by atoms with Gasteiger partial charge in [-0.2, -0.15) is 5.10 Å². The van der Waals surface area contributed by atoms with Crippen molar-refractivity contribution >= 4 is 33.7 Å². The second kappa shape index (κ2) is 8.76. The highest BCUT2D eigenvalue weighted by molar-refractivity contribution is 7.14. The van der Waals surface area contributed by atoms with Gasteiger partial charge in [-0.3, -0.25) is 14.8 Å². The lowest BCUT2D eigenvalue weighted by molar-refractivity contribution is 0.103. The van der Waals surface area contributed by atoms with Crippen molar-refractivity contribution in [3.05, 3.63) is 69.2 Å². The summed E-state index contributed by atoms with van der Waals surface area (Å²) in [5, 5.41) is 11.5. The third kappa shape index (κ3) is 4.42. The number of carbonyl (C=O) groups is 1. The van der Waals surface area contributed by atoms with Gasteiger partial charge in [0.2, 0.25) is 0 Å². The molecule has 0 aliphatic rings. The van der Waals surface area contributed by atoms with Gasteiger partial charge in [0.25, 0.3) is 5.91 Å². The van der Waals surface area contributed by atoms with Crippen LogP contribution in [0.15, 0.2) is 47.3 Å². The number of amides is 1. The highest BCUT2D eigenvalue weighted by Gasteiger charge is 2.15. The predicted octanol–water partition coefficient (Wildman–Crippen LogP) is 5.37. The van der Waals surface area contributed by atoms with Crippen molar-refractivity contribution in [3.63, 3.8) is 0 Å². The molecule has 0 aliphatic heterocycles. The quantitative estimate of drug-likeness (QED) is 0.418. The van der Waals surface area contributed by atoms with Crippen molar-refractivity contribution in [2.75, 3.05) is 5.32 Å². The lowest BCUT2D eigenvalue weighted by Crippen LogP contribution is -2.09. The maximum Gasteiger partial charge on any atom is 0.267 e. The minimum absolute atomic E-state index is 0.187. The van der Waals surface area contributed by atoms with E-state index in [-0.39, 0.29) is 18.3 Å². The van der Waals surface area contributed by atoms with Crippen molar-refractivity contribution in [1.82, 2.24) is 14.8 Å². The minimum atomic E-state index is -0.412. The Morgan fingerprint density at radius 2 is 2.10 bits per heavy atom. The third-order valence-electron chi connectivity index (χ3n) is 4.38. The SMILES string of the molecule is CCn1cc(-c2csc(NC(=O)c3cc(COc4ccccc4F)cs3)n2)c(C)n1. The van der Waals surface area contributed by atoms with Crippen LogP contribution in [-0.4, -0.2) is 20.7 Å². The first-order valence-electron chi connectivity index (χ1n) is 9.29. The second-order valence-electron chi connectivity index (χ2n) is 6.51. The minimum Gasteiger partial charge on any atom is -0.486 e. The van der Waals surface area contributed by atoms with Crippen molar-refractivity contribution < 1.29 is 13.9 Å². The molecule has 154 valence electrons. The number of thiazole rings is 1. The molecule has 4 aromatic rings. The monoisotopic (exact) mass is 442 g/mol. The standard InChI is InChI=1S/C21H19FN4O2S2/c1-3-26-9-15(13(2)25-26)17-12-30-21(23-17)24-20(27)19-8-14(11-29-19)10-28-18-7-5-4-6-16(18)22/h4-9,11-12H,3,10H2,1-2H3,(H,23,24,27). The van der Waals surface area contributed by atoms with Crippen LogP contribution >= 0.6 is 22.7 Å². The van der Waals surface area contributed by atoms with Gasteiger partial charge < -0.3 is 4.74 Å². The largest absolute Gasteiger partial charge is 0.486 e. The zero-order valence-electron chi connectivity index (χ0n) is 16.4. The Kier molecular flexibility index (Phi) is 5.91. The molecule has 4 rings (SSSR count). The highest BCUT2D eigenvalue weighted by Crippen LogP contribution is 2.28. The molecule has 0 bridgehead atoms. The van der Waals surface area contributed by atoms with E-state index in [0.29, 0.717) is 10.0 Å². The maximum absolute atomic E-state index is 13.6. The second-order valence-corrected chi connectivity index (χ2v) is 8.28. The van der Waals surface area contributed by atoms with Crippen LogP contribution in [0.5, 0.6) is 5.75 Å². The van der Waals surface area contributed by atoms with Gasteiger partial charge >= 0.3 is 0 Å². The van der Waals surface area contributed by atoms with Gasteiger partial charge in [0.1, 0.15) is 6.61 Å². The van der Waals surface area contributed by atoms with Crippen LogP contribution in [0.3, 0.4) is 0 Å². The van der Waals surface area contributed by atoms with Crippen molar-refractivity contribution in [2.24, 2.45) is 0 Å². The Labute approximate surface area is 181 Å². The Hall–Kier alpha value is -3.04. The van der Waals surface area contributed by atoms with Gasteiger partial charge in [0, 0.05) is 29.2 Å². The molecule has 3 heterocycles. The Bertz CT molecular complexity index is 1180. The third-order valence-corrected chi connectivity index (χ3v) is 6.11. The van der Waals surface area contributed by atoms with Crippen LogP contribution in [0, 0.1) is 12.7 Å². The van der Waals surface area contributed by atoms with Gasteiger partial charge in [-0.1, -0.05) is 12.1 Å². The van der Waals surface area contributed by atoms with E-state index >= 15 is 0 Å². The number of nitrogens with one attached hydrogen (secondary N) is 1. The number of ether oxygens (including phenoxy) is 1. The summed E-state index contributed by atoms with van der Waals surface area (Å²) >= 11 is 2.67. The number of carbonyl (C=O) groups excluding carboxylic acids is 1. The number of hydrogen-bond acceptors (Lipinski definition) is 6. The normalized spacial score (nSPS) is 10.9. The number of benzene rings is 1. The van der Waals surface area contributed by atoms with Crippen LogP contribution in [0.1, 0.15) is 27.9 Å². The molecule has 3 aromatic heterocycles. The molecule has 1 amide bonds. The van der Waals surface area contributed by atoms with E-state index in [1.54, 1.807) is 24.3 Å². The van der Waals surface area contributed by atoms with E-state index in [1.807, 2.05) is 35.5 Å². The number of anilines is 1. The molecule has 1 N–H and O–H groups in total. The predicted molar refractivity (Wildman–Crippen MR) is 117 cm³/mol. The van der Waals surface area contributed by atoms with E-state index in [9.17, 15) is 9.18 Å². The smallest absolute Gasteiger partial charge is 0.267 e. The molecular weight excluding hydrogens is 423 g/mol. The topological polar surface area (TPSA) is 69.0 Å². The van der Waals surface area contributed by atoms with Gasteiger partial charge in [0.15, 0.2) is 16.7 Å². The van der Waals surface area contributed by atoms with Gasteiger partial charge in [-0.25, -0.2) is 9.37 Å². The average molecular weight is 443 g/mol. The molecule has 0 fully saturated rings. The van der Waals surface area contributed by atoms with E-state index in [1.165, 1.54) is 28.7 Å². The highest BCUT2D eigenvalue weighted by atomic mass is 32.1. The number of halogens is 1. The first-order valence-corrected chi connectivity index (χ1v) is 11.1. The lowest BCUT2D eigenvalue weighted by Gasteiger charge is -2.05. The van der Waals surface area contributed by atoms with E-state index < -0.39 is 5.82 Å². The number of rotatable bonds is 7.